The Kier molecular flexibility index (Phi) is 7.12. The van der Waals surface area contributed by atoms with Crippen molar-refractivity contribution >= 4 is 6.41 Å². The van der Waals surface area contributed by atoms with Gasteiger partial charge in [0.05, 0.1) is 12.7 Å². The molecular weight excluding hydrogens is 206 g/mol. The Morgan fingerprint density at radius 2 is 2.38 bits per heavy atom. The molecule has 1 saturated heterocycles. The lowest BCUT2D eigenvalue weighted by molar-refractivity contribution is -0.110. The van der Waals surface area contributed by atoms with Gasteiger partial charge in [-0.15, -0.1) is 0 Å². The van der Waals surface area contributed by atoms with Gasteiger partial charge in [0, 0.05) is 32.7 Å². The monoisotopic (exact) mass is 229 g/mol. The van der Waals surface area contributed by atoms with Crippen LogP contribution in [0.1, 0.15) is 13.3 Å². The van der Waals surface area contributed by atoms with Crippen LogP contribution in [0.2, 0.25) is 0 Å². The molecular formula is C11H23N3O2. The minimum atomic E-state index is 0.144. The summed E-state index contributed by atoms with van der Waals surface area (Å²) in [7, 11) is 0. The highest BCUT2D eigenvalue weighted by Crippen LogP contribution is 2.03. The molecule has 1 fully saturated rings. The van der Waals surface area contributed by atoms with Gasteiger partial charge in [-0.2, -0.15) is 0 Å². The van der Waals surface area contributed by atoms with Crippen LogP contribution >= 0.6 is 0 Å². The van der Waals surface area contributed by atoms with Crippen LogP contribution in [0.25, 0.3) is 0 Å². The van der Waals surface area contributed by atoms with Gasteiger partial charge >= 0.3 is 0 Å². The fourth-order valence-corrected chi connectivity index (χ4v) is 1.83. The fourth-order valence-electron chi connectivity index (χ4n) is 1.83. The number of rotatable bonds is 8. The third kappa shape index (κ3) is 5.44. The zero-order valence-electron chi connectivity index (χ0n) is 10.1. The van der Waals surface area contributed by atoms with Gasteiger partial charge in [0.25, 0.3) is 0 Å². The number of morpholine rings is 1. The lowest BCUT2D eigenvalue weighted by Gasteiger charge is -2.32. The van der Waals surface area contributed by atoms with E-state index in [9.17, 15) is 4.79 Å². The van der Waals surface area contributed by atoms with E-state index in [1.807, 2.05) is 0 Å². The van der Waals surface area contributed by atoms with E-state index in [0.29, 0.717) is 6.54 Å². The fraction of sp³-hybridized carbons (Fsp3) is 0.909. The Morgan fingerprint density at radius 3 is 3.12 bits per heavy atom. The average molecular weight is 229 g/mol. The van der Waals surface area contributed by atoms with Crippen LogP contribution in [-0.4, -0.2) is 63.3 Å². The van der Waals surface area contributed by atoms with Gasteiger partial charge in [0.15, 0.2) is 0 Å². The van der Waals surface area contributed by atoms with Gasteiger partial charge in [0.2, 0.25) is 6.41 Å². The molecule has 0 aromatic heterocycles. The van der Waals surface area contributed by atoms with E-state index in [1.165, 1.54) is 6.42 Å². The number of carbonyl (C=O) groups excluding carboxylic acids is 1. The molecule has 1 atom stereocenters. The molecule has 0 aromatic rings. The maximum absolute atomic E-state index is 10.2. The van der Waals surface area contributed by atoms with Gasteiger partial charge in [0.1, 0.15) is 0 Å². The van der Waals surface area contributed by atoms with Crippen LogP contribution in [0.3, 0.4) is 0 Å². The molecule has 1 amide bonds. The van der Waals surface area contributed by atoms with Crippen molar-refractivity contribution in [2.45, 2.75) is 19.4 Å². The van der Waals surface area contributed by atoms with Crippen molar-refractivity contribution < 1.29 is 9.53 Å². The molecule has 1 unspecified atom stereocenters. The summed E-state index contributed by atoms with van der Waals surface area (Å²) in [5.74, 6) is 0. The number of hydrogen-bond donors (Lipinski definition) is 2. The predicted octanol–water partition coefficient (Wildman–Crippen LogP) is -0.567. The number of hydrogen-bond acceptors (Lipinski definition) is 4. The topological polar surface area (TPSA) is 53.6 Å². The summed E-state index contributed by atoms with van der Waals surface area (Å²) in [6, 6.07) is 0. The first-order valence-corrected chi connectivity index (χ1v) is 6.08. The molecule has 1 rings (SSSR count). The number of amides is 1. The van der Waals surface area contributed by atoms with Crippen molar-refractivity contribution in [3.05, 3.63) is 0 Å². The molecule has 94 valence electrons. The van der Waals surface area contributed by atoms with E-state index in [-0.39, 0.29) is 6.10 Å². The van der Waals surface area contributed by atoms with Crippen molar-refractivity contribution in [2.24, 2.45) is 0 Å². The molecule has 2 N–H and O–H groups in total. The predicted molar refractivity (Wildman–Crippen MR) is 63.4 cm³/mol. The second-order valence-electron chi connectivity index (χ2n) is 4.07. The minimum absolute atomic E-state index is 0.144. The molecule has 1 aliphatic heterocycles. The summed E-state index contributed by atoms with van der Waals surface area (Å²) < 4.78 is 5.55. The Hall–Kier alpha value is -0.650. The Labute approximate surface area is 97.5 Å². The lowest BCUT2D eigenvalue weighted by atomic mass is 10.2. The quantitative estimate of drug-likeness (QED) is 0.432. The smallest absolute Gasteiger partial charge is 0.207 e. The van der Waals surface area contributed by atoms with Crippen LogP contribution in [-0.2, 0) is 9.53 Å². The Balaban J connectivity index is 2.09. The molecule has 0 saturated carbocycles. The highest BCUT2D eigenvalue weighted by atomic mass is 16.5. The molecule has 0 aromatic carbocycles. The number of carbonyl (C=O) groups is 1. The number of ether oxygens (including phenoxy) is 1. The van der Waals surface area contributed by atoms with Gasteiger partial charge < -0.3 is 15.4 Å². The highest BCUT2D eigenvalue weighted by molar-refractivity contribution is 5.45. The lowest BCUT2D eigenvalue weighted by Crippen LogP contribution is -2.48. The maximum atomic E-state index is 10.2. The first-order valence-electron chi connectivity index (χ1n) is 6.08. The average Bonchev–Trinajstić information content (AvgIpc) is 2.33. The molecule has 16 heavy (non-hydrogen) atoms. The Bertz CT molecular complexity index is 190. The van der Waals surface area contributed by atoms with Gasteiger partial charge in [-0.25, -0.2) is 0 Å². The first-order chi connectivity index (χ1) is 7.86. The second-order valence-corrected chi connectivity index (χ2v) is 4.07. The molecule has 1 aliphatic rings. The molecule has 0 radical (unpaired) electrons. The van der Waals surface area contributed by atoms with Crippen LogP contribution in [0.4, 0.5) is 0 Å². The van der Waals surface area contributed by atoms with Crippen molar-refractivity contribution in [1.82, 2.24) is 15.5 Å². The molecule has 0 spiro atoms. The van der Waals surface area contributed by atoms with E-state index in [4.69, 9.17) is 4.74 Å². The van der Waals surface area contributed by atoms with E-state index in [1.54, 1.807) is 0 Å². The van der Waals surface area contributed by atoms with Crippen LogP contribution in [0.5, 0.6) is 0 Å². The normalized spacial score (nSPS) is 21.9. The summed E-state index contributed by atoms with van der Waals surface area (Å²) in [6.07, 6.45) is 2.05. The maximum Gasteiger partial charge on any atom is 0.207 e. The zero-order chi connectivity index (χ0) is 11.6. The SMILES string of the molecule is CCCNCCN1CCOC(CNC=O)C1. The third-order valence-corrected chi connectivity index (χ3v) is 2.68. The second kappa shape index (κ2) is 8.50. The van der Waals surface area contributed by atoms with Crippen LogP contribution in [0.15, 0.2) is 0 Å². The standard InChI is InChI=1S/C11H23N3O2/c1-2-3-12-4-5-14-6-7-16-11(9-14)8-13-10-15/h10-12H,2-9H2,1H3,(H,13,15). The molecule has 0 aliphatic carbocycles. The molecule has 0 bridgehead atoms. The summed E-state index contributed by atoms with van der Waals surface area (Å²) in [5.41, 5.74) is 0. The van der Waals surface area contributed by atoms with E-state index in [2.05, 4.69) is 22.5 Å². The van der Waals surface area contributed by atoms with Crippen LogP contribution < -0.4 is 10.6 Å². The molecule has 5 heteroatoms. The molecule has 1 heterocycles. The third-order valence-electron chi connectivity index (χ3n) is 2.68. The summed E-state index contributed by atoms with van der Waals surface area (Å²) >= 11 is 0. The van der Waals surface area contributed by atoms with Gasteiger partial charge in [-0.3, -0.25) is 9.69 Å². The first kappa shape index (κ1) is 13.4. The summed E-state index contributed by atoms with van der Waals surface area (Å²) in [6.45, 7) is 8.62. The zero-order valence-corrected chi connectivity index (χ0v) is 10.1. The minimum Gasteiger partial charge on any atom is -0.374 e. The van der Waals surface area contributed by atoms with Gasteiger partial charge in [-0.1, -0.05) is 6.92 Å². The van der Waals surface area contributed by atoms with E-state index < -0.39 is 0 Å². The van der Waals surface area contributed by atoms with E-state index >= 15 is 0 Å². The van der Waals surface area contributed by atoms with E-state index in [0.717, 1.165) is 45.7 Å². The van der Waals surface area contributed by atoms with Crippen molar-refractivity contribution in [3.63, 3.8) is 0 Å². The van der Waals surface area contributed by atoms with Crippen molar-refractivity contribution in [2.75, 3.05) is 45.9 Å². The summed E-state index contributed by atoms with van der Waals surface area (Å²) in [5, 5.41) is 6.05. The highest BCUT2D eigenvalue weighted by Gasteiger charge is 2.19. The largest absolute Gasteiger partial charge is 0.374 e. The number of nitrogens with one attached hydrogen (secondary N) is 2. The summed E-state index contributed by atoms with van der Waals surface area (Å²) in [4.78, 5) is 12.6. The Morgan fingerprint density at radius 1 is 1.50 bits per heavy atom. The van der Waals surface area contributed by atoms with Crippen molar-refractivity contribution in [1.29, 1.82) is 0 Å². The van der Waals surface area contributed by atoms with Gasteiger partial charge in [-0.05, 0) is 13.0 Å². The number of nitrogens with zero attached hydrogens (tertiary/aromatic N) is 1. The van der Waals surface area contributed by atoms with Crippen molar-refractivity contribution in [3.8, 4) is 0 Å². The van der Waals surface area contributed by atoms with Crippen LogP contribution in [0, 0.1) is 0 Å². The molecule has 5 nitrogen and oxygen atoms in total.